The van der Waals surface area contributed by atoms with Crippen LogP contribution < -0.4 is 0 Å². The third-order valence-corrected chi connectivity index (χ3v) is 2.13. The molecule has 1 radical (unpaired) electrons. The van der Waals surface area contributed by atoms with Gasteiger partial charge in [-0.3, -0.25) is 4.68 Å². The summed E-state index contributed by atoms with van der Waals surface area (Å²) in [6.07, 6.45) is 1.93. The fourth-order valence-electron chi connectivity index (χ4n) is 1.40. The molecule has 2 rings (SSSR count). The minimum atomic E-state index is 0.977. The van der Waals surface area contributed by atoms with Gasteiger partial charge in [-0.05, 0) is 18.2 Å². The van der Waals surface area contributed by atoms with E-state index < -0.39 is 0 Å². The first-order chi connectivity index (χ1) is 7.29. The van der Waals surface area contributed by atoms with E-state index in [-0.39, 0.29) is 0 Å². The van der Waals surface area contributed by atoms with Crippen LogP contribution in [0.1, 0.15) is 5.56 Å². The monoisotopic (exact) mass is 195 g/mol. The zero-order valence-electron chi connectivity index (χ0n) is 8.57. The molecule has 0 spiro atoms. The molecule has 1 aromatic heterocycles. The van der Waals surface area contributed by atoms with E-state index in [0.29, 0.717) is 0 Å². The standard InChI is InChI=1S/C13H11N2/c1-3-4-11-5-7-12(8-6-11)13-9-10-15(2)14-13/h5-10H,1H2,2H3. The minimum Gasteiger partial charge on any atom is -0.275 e. The van der Waals surface area contributed by atoms with Crippen LogP contribution in [0.15, 0.2) is 36.5 Å². The van der Waals surface area contributed by atoms with Crippen molar-refractivity contribution in [3.05, 3.63) is 49.0 Å². The third-order valence-electron chi connectivity index (χ3n) is 2.13. The molecular formula is C13H11N2. The van der Waals surface area contributed by atoms with Crippen molar-refractivity contribution in [2.24, 2.45) is 7.05 Å². The zero-order valence-corrected chi connectivity index (χ0v) is 8.57. The SMILES string of the molecule is [CH2]C#Cc1ccc(-c2ccn(C)n2)cc1. The first-order valence-corrected chi connectivity index (χ1v) is 4.68. The highest BCUT2D eigenvalue weighted by Crippen LogP contribution is 2.16. The van der Waals surface area contributed by atoms with E-state index in [9.17, 15) is 0 Å². The maximum Gasteiger partial charge on any atom is 0.0923 e. The largest absolute Gasteiger partial charge is 0.275 e. The van der Waals surface area contributed by atoms with Gasteiger partial charge in [-0.1, -0.05) is 24.0 Å². The van der Waals surface area contributed by atoms with Crippen molar-refractivity contribution in [2.75, 3.05) is 0 Å². The topological polar surface area (TPSA) is 17.8 Å². The fraction of sp³-hybridized carbons (Fsp3) is 0.0769. The second-order valence-electron chi connectivity index (χ2n) is 3.25. The molecule has 2 heteroatoms. The second-order valence-corrected chi connectivity index (χ2v) is 3.25. The highest BCUT2D eigenvalue weighted by molar-refractivity contribution is 5.59. The number of rotatable bonds is 1. The Labute approximate surface area is 89.6 Å². The molecule has 0 N–H and O–H groups in total. The number of hydrogen-bond donors (Lipinski definition) is 0. The van der Waals surface area contributed by atoms with E-state index in [1.165, 1.54) is 0 Å². The lowest BCUT2D eigenvalue weighted by atomic mass is 10.1. The molecule has 1 aromatic carbocycles. The normalized spacial score (nSPS) is 9.47. The Morgan fingerprint density at radius 3 is 2.47 bits per heavy atom. The molecule has 0 saturated heterocycles. The van der Waals surface area contributed by atoms with E-state index in [4.69, 9.17) is 0 Å². The second kappa shape index (κ2) is 4.02. The molecule has 0 aliphatic carbocycles. The first kappa shape index (κ1) is 9.54. The van der Waals surface area contributed by atoms with E-state index in [1.54, 1.807) is 4.68 Å². The van der Waals surface area contributed by atoms with Gasteiger partial charge in [0.1, 0.15) is 0 Å². The lowest BCUT2D eigenvalue weighted by Gasteiger charge is -1.96. The average Bonchev–Trinajstić information content (AvgIpc) is 2.67. The van der Waals surface area contributed by atoms with Crippen molar-refractivity contribution in [2.45, 2.75) is 0 Å². The minimum absolute atomic E-state index is 0.977. The van der Waals surface area contributed by atoms with Gasteiger partial charge in [0.25, 0.3) is 0 Å². The van der Waals surface area contributed by atoms with Crippen LogP contribution in [-0.4, -0.2) is 9.78 Å². The van der Waals surface area contributed by atoms with Crippen molar-refractivity contribution in [3.63, 3.8) is 0 Å². The Kier molecular flexibility index (Phi) is 2.55. The summed E-state index contributed by atoms with van der Waals surface area (Å²) in [5.41, 5.74) is 3.06. The molecule has 15 heavy (non-hydrogen) atoms. The van der Waals surface area contributed by atoms with Gasteiger partial charge in [0.05, 0.1) is 5.69 Å². The van der Waals surface area contributed by atoms with Crippen molar-refractivity contribution in [1.82, 2.24) is 9.78 Å². The Balaban J connectivity index is 2.34. The number of benzene rings is 1. The Bertz CT molecular complexity index is 509. The molecule has 73 valence electrons. The Hall–Kier alpha value is -2.01. The number of hydrogen-bond acceptors (Lipinski definition) is 1. The summed E-state index contributed by atoms with van der Waals surface area (Å²) in [4.78, 5) is 0. The van der Waals surface area contributed by atoms with Gasteiger partial charge in [0, 0.05) is 31.3 Å². The predicted molar refractivity (Wildman–Crippen MR) is 60.9 cm³/mol. The van der Waals surface area contributed by atoms with Gasteiger partial charge in [-0.2, -0.15) is 5.10 Å². The number of aryl methyl sites for hydroxylation is 1. The molecule has 0 aliphatic heterocycles. The van der Waals surface area contributed by atoms with Gasteiger partial charge in [-0.25, -0.2) is 0 Å². The van der Waals surface area contributed by atoms with Crippen LogP contribution in [0.5, 0.6) is 0 Å². The van der Waals surface area contributed by atoms with Gasteiger partial charge in [0.15, 0.2) is 0 Å². The van der Waals surface area contributed by atoms with Crippen molar-refractivity contribution >= 4 is 0 Å². The van der Waals surface area contributed by atoms with Gasteiger partial charge in [-0.15, -0.1) is 0 Å². The van der Waals surface area contributed by atoms with Crippen LogP contribution in [0.3, 0.4) is 0 Å². The summed E-state index contributed by atoms with van der Waals surface area (Å²) in [5.74, 6) is 5.53. The fourth-order valence-corrected chi connectivity index (χ4v) is 1.40. The Morgan fingerprint density at radius 1 is 1.20 bits per heavy atom. The first-order valence-electron chi connectivity index (χ1n) is 4.68. The molecule has 2 aromatic rings. The predicted octanol–water partition coefficient (Wildman–Crippen LogP) is 2.27. The number of aromatic nitrogens is 2. The third kappa shape index (κ3) is 2.08. The summed E-state index contributed by atoms with van der Waals surface area (Å²) in [6.45, 7) is 3.49. The molecule has 0 bridgehead atoms. The lowest BCUT2D eigenvalue weighted by molar-refractivity contribution is 0.771. The summed E-state index contributed by atoms with van der Waals surface area (Å²) >= 11 is 0. The molecule has 0 atom stereocenters. The molecule has 0 aliphatic rings. The maximum absolute atomic E-state index is 4.32. The zero-order chi connectivity index (χ0) is 10.7. The molecular weight excluding hydrogens is 184 g/mol. The van der Waals surface area contributed by atoms with Crippen molar-refractivity contribution in [1.29, 1.82) is 0 Å². The smallest absolute Gasteiger partial charge is 0.0923 e. The molecule has 0 amide bonds. The van der Waals surface area contributed by atoms with Gasteiger partial charge < -0.3 is 0 Å². The summed E-state index contributed by atoms with van der Waals surface area (Å²) in [5, 5.41) is 4.32. The molecule has 0 unspecified atom stereocenters. The maximum atomic E-state index is 4.32. The molecule has 2 nitrogen and oxygen atoms in total. The number of nitrogens with zero attached hydrogens (tertiary/aromatic N) is 2. The van der Waals surface area contributed by atoms with Crippen LogP contribution in [-0.2, 0) is 7.05 Å². The van der Waals surface area contributed by atoms with E-state index in [2.05, 4.69) is 23.9 Å². The molecule has 0 fully saturated rings. The summed E-state index contributed by atoms with van der Waals surface area (Å²) < 4.78 is 1.79. The summed E-state index contributed by atoms with van der Waals surface area (Å²) in [7, 11) is 1.91. The van der Waals surface area contributed by atoms with Crippen LogP contribution in [0.25, 0.3) is 11.3 Å². The van der Waals surface area contributed by atoms with Gasteiger partial charge in [0.2, 0.25) is 0 Å². The highest BCUT2D eigenvalue weighted by Gasteiger charge is 1.99. The van der Waals surface area contributed by atoms with E-state index in [0.717, 1.165) is 16.8 Å². The highest BCUT2D eigenvalue weighted by atomic mass is 15.2. The van der Waals surface area contributed by atoms with Crippen molar-refractivity contribution in [3.8, 4) is 23.1 Å². The van der Waals surface area contributed by atoms with Crippen LogP contribution in [0.4, 0.5) is 0 Å². The van der Waals surface area contributed by atoms with Crippen LogP contribution in [0, 0.1) is 18.8 Å². The quantitative estimate of drug-likeness (QED) is 0.638. The van der Waals surface area contributed by atoms with E-state index >= 15 is 0 Å². The van der Waals surface area contributed by atoms with Crippen molar-refractivity contribution < 1.29 is 0 Å². The lowest BCUT2D eigenvalue weighted by Crippen LogP contribution is -1.87. The van der Waals surface area contributed by atoms with Crippen LogP contribution >= 0.6 is 0 Å². The van der Waals surface area contributed by atoms with Gasteiger partial charge >= 0.3 is 0 Å². The van der Waals surface area contributed by atoms with Crippen LogP contribution in [0.2, 0.25) is 0 Å². The molecule has 1 heterocycles. The Morgan fingerprint density at radius 2 is 1.93 bits per heavy atom. The average molecular weight is 195 g/mol. The summed E-state index contributed by atoms with van der Waals surface area (Å²) in [6, 6.07) is 9.97. The molecule has 0 saturated carbocycles. The van der Waals surface area contributed by atoms with E-state index in [1.807, 2.05) is 43.6 Å².